The number of ether oxygens (including phenoxy) is 1. The van der Waals surface area contributed by atoms with Gasteiger partial charge in [-0.3, -0.25) is 14.9 Å². The van der Waals surface area contributed by atoms with E-state index in [-0.39, 0.29) is 11.3 Å². The van der Waals surface area contributed by atoms with Crippen molar-refractivity contribution in [3.63, 3.8) is 0 Å². The second-order valence-corrected chi connectivity index (χ2v) is 6.48. The Morgan fingerprint density at radius 1 is 1.50 bits per heavy atom. The molecule has 0 spiro atoms. The van der Waals surface area contributed by atoms with Crippen LogP contribution >= 0.6 is 10.7 Å². The molecule has 1 amide bonds. The number of rotatable bonds is 5. The number of primary amides is 1. The minimum absolute atomic E-state index is 0.150. The smallest absolute Gasteiger partial charge is 0.312 e. The highest BCUT2D eigenvalue weighted by atomic mass is 35.7. The predicted octanol–water partition coefficient (Wildman–Crippen LogP) is 1.08. The molecule has 0 saturated carbocycles. The van der Waals surface area contributed by atoms with Gasteiger partial charge < -0.3 is 10.5 Å². The van der Waals surface area contributed by atoms with Crippen molar-refractivity contribution in [2.75, 3.05) is 0 Å². The Balaban J connectivity index is 3.43. The molecule has 0 heterocycles. The summed E-state index contributed by atoms with van der Waals surface area (Å²) < 4.78 is 27.7. The standard InChI is InChI=1S/C10H11ClN2O6S/c1-5-3-8(19-6(2)10(12)14)7(13(15)16)4-9(5)20(11,17)18/h3-4,6H,1-2H3,(H2,12,14). The quantitative estimate of drug-likeness (QED) is 0.490. The Kier molecular flexibility index (Phi) is 4.56. The van der Waals surface area contributed by atoms with E-state index in [1.807, 2.05) is 0 Å². The molecular weight excluding hydrogens is 312 g/mol. The van der Waals surface area contributed by atoms with E-state index in [9.17, 15) is 23.3 Å². The van der Waals surface area contributed by atoms with Crippen LogP contribution in [0.5, 0.6) is 5.75 Å². The zero-order chi connectivity index (χ0) is 15.7. The first-order chi connectivity index (χ1) is 9.04. The molecule has 1 atom stereocenters. The third kappa shape index (κ3) is 3.58. The number of nitrogens with two attached hydrogens (primary N) is 1. The van der Waals surface area contributed by atoms with E-state index in [0.717, 1.165) is 12.1 Å². The second-order valence-electron chi connectivity index (χ2n) is 3.94. The molecular formula is C10H11ClN2O6S. The number of hydrogen-bond acceptors (Lipinski definition) is 6. The molecule has 0 saturated heterocycles. The Hall–Kier alpha value is -1.87. The SMILES string of the molecule is Cc1cc(OC(C)C(N)=O)c([N+](=O)[O-])cc1S(=O)(=O)Cl. The lowest BCUT2D eigenvalue weighted by Gasteiger charge is -2.13. The minimum Gasteiger partial charge on any atom is -0.474 e. The average Bonchev–Trinajstić information content (AvgIpc) is 2.26. The lowest BCUT2D eigenvalue weighted by Crippen LogP contribution is -2.30. The van der Waals surface area contributed by atoms with E-state index >= 15 is 0 Å². The maximum Gasteiger partial charge on any atom is 0.312 e. The molecule has 10 heteroatoms. The van der Waals surface area contributed by atoms with Gasteiger partial charge in [-0.05, 0) is 25.5 Å². The van der Waals surface area contributed by atoms with E-state index in [1.54, 1.807) is 0 Å². The van der Waals surface area contributed by atoms with Gasteiger partial charge in [0.2, 0.25) is 0 Å². The first kappa shape index (κ1) is 16.2. The van der Waals surface area contributed by atoms with Crippen LogP contribution in [0.4, 0.5) is 5.69 Å². The first-order valence-corrected chi connectivity index (χ1v) is 7.54. The van der Waals surface area contributed by atoms with Gasteiger partial charge >= 0.3 is 5.69 Å². The van der Waals surface area contributed by atoms with Crippen molar-refractivity contribution in [1.29, 1.82) is 0 Å². The minimum atomic E-state index is -4.13. The molecule has 110 valence electrons. The van der Waals surface area contributed by atoms with Gasteiger partial charge in [0.25, 0.3) is 15.0 Å². The monoisotopic (exact) mass is 322 g/mol. The van der Waals surface area contributed by atoms with Gasteiger partial charge in [0.15, 0.2) is 11.9 Å². The van der Waals surface area contributed by atoms with Crippen LogP contribution in [-0.4, -0.2) is 25.4 Å². The van der Waals surface area contributed by atoms with Gasteiger partial charge in [-0.2, -0.15) is 0 Å². The number of halogens is 1. The number of carbonyl (C=O) groups is 1. The molecule has 0 aliphatic carbocycles. The Morgan fingerprint density at radius 2 is 2.05 bits per heavy atom. The van der Waals surface area contributed by atoms with Crippen molar-refractivity contribution in [3.8, 4) is 5.75 Å². The average molecular weight is 323 g/mol. The van der Waals surface area contributed by atoms with Crippen LogP contribution in [0.15, 0.2) is 17.0 Å². The summed E-state index contributed by atoms with van der Waals surface area (Å²) in [5.74, 6) is -1.08. The van der Waals surface area contributed by atoms with Crippen LogP contribution in [0.2, 0.25) is 0 Å². The zero-order valence-electron chi connectivity index (χ0n) is 10.5. The van der Waals surface area contributed by atoms with Crippen LogP contribution < -0.4 is 10.5 Å². The number of aryl methyl sites for hydroxylation is 1. The topological polar surface area (TPSA) is 130 Å². The van der Waals surface area contributed by atoms with Crippen LogP contribution in [0.3, 0.4) is 0 Å². The van der Waals surface area contributed by atoms with Crippen LogP contribution in [0, 0.1) is 17.0 Å². The predicted molar refractivity (Wildman–Crippen MR) is 70.2 cm³/mol. The third-order valence-electron chi connectivity index (χ3n) is 2.42. The normalized spacial score (nSPS) is 12.8. The van der Waals surface area contributed by atoms with Gasteiger partial charge in [0.1, 0.15) is 0 Å². The van der Waals surface area contributed by atoms with Crippen LogP contribution in [-0.2, 0) is 13.8 Å². The molecule has 0 bridgehead atoms. The number of amides is 1. The molecule has 20 heavy (non-hydrogen) atoms. The Bertz CT molecular complexity index is 673. The van der Waals surface area contributed by atoms with E-state index in [4.69, 9.17) is 21.2 Å². The van der Waals surface area contributed by atoms with E-state index in [0.29, 0.717) is 0 Å². The number of nitro benzene ring substituents is 1. The molecule has 8 nitrogen and oxygen atoms in total. The van der Waals surface area contributed by atoms with Crippen LogP contribution in [0.25, 0.3) is 0 Å². The molecule has 0 aliphatic heterocycles. The summed E-state index contributed by atoms with van der Waals surface area (Å²) in [5.41, 5.74) is 4.52. The van der Waals surface area contributed by atoms with Gasteiger partial charge in [0, 0.05) is 16.7 Å². The highest BCUT2D eigenvalue weighted by Crippen LogP contribution is 2.34. The highest BCUT2D eigenvalue weighted by Gasteiger charge is 2.25. The summed E-state index contributed by atoms with van der Waals surface area (Å²) in [4.78, 5) is 20.6. The highest BCUT2D eigenvalue weighted by molar-refractivity contribution is 8.13. The fraction of sp³-hybridized carbons (Fsp3) is 0.300. The lowest BCUT2D eigenvalue weighted by atomic mass is 10.2. The molecule has 0 radical (unpaired) electrons. The van der Waals surface area contributed by atoms with Crippen molar-refractivity contribution >= 4 is 31.3 Å². The molecule has 0 aromatic heterocycles. The second kappa shape index (κ2) is 5.63. The molecule has 1 aromatic carbocycles. The molecule has 1 unspecified atom stereocenters. The summed E-state index contributed by atoms with van der Waals surface area (Å²) in [6.07, 6.45) is -1.11. The fourth-order valence-electron chi connectivity index (χ4n) is 1.40. The maximum atomic E-state index is 11.3. The first-order valence-electron chi connectivity index (χ1n) is 5.23. The summed E-state index contributed by atoms with van der Waals surface area (Å²) in [5, 5.41) is 10.9. The number of nitro groups is 1. The third-order valence-corrected chi connectivity index (χ3v) is 3.88. The number of benzene rings is 1. The molecule has 1 rings (SSSR count). The van der Waals surface area contributed by atoms with Crippen molar-refractivity contribution in [1.82, 2.24) is 0 Å². The number of carbonyl (C=O) groups excluding carboxylic acids is 1. The lowest BCUT2D eigenvalue weighted by molar-refractivity contribution is -0.386. The van der Waals surface area contributed by atoms with E-state index < -0.39 is 36.6 Å². The van der Waals surface area contributed by atoms with Gasteiger partial charge in [-0.15, -0.1) is 0 Å². The molecule has 1 aromatic rings. The van der Waals surface area contributed by atoms with Crippen molar-refractivity contribution < 1.29 is 22.9 Å². The molecule has 2 N–H and O–H groups in total. The van der Waals surface area contributed by atoms with Crippen LogP contribution in [0.1, 0.15) is 12.5 Å². The van der Waals surface area contributed by atoms with Gasteiger partial charge in [-0.1, -0.05) is 0 Å². The molecule has 0 aliphatic rings. The maximum absolute atomic E-state index is 11.3. The molecule has 0 fully saturated rings. The summed E-state index contributed by atoms with van der Waals surface area (Å²) in [6.45, 7) is 2.70. The summed E-state index contributed by atoms with van der Waals surface area (Å²) >= 11 is 0. The van der Waals surface area contributed by atoms with Gasteiger partial charge in [0.05, 0.1) is 9.82 Å². The fourth-order valence-corrected chi connectivity index (χ4v) is 2.59. The summed E-state index contributed by atoms with van der Waals surface area (Å²) in [6, 6.07) is 1.90. The number of nitrogens with zero attached hydrogens (tertiary/aromatic N) is 1. The van der Waals surface area contributed by atoms with E-state index in [2.05, 4.69) is 0 Å². The van der Waals surface area contributed by atoms with Crippen molar-refractivity contribution in [2.24, 2.45) is 5.73 Å². The zero-order valence-corrected chi connectivity index (χ0v) is 12.1. The Morgan fingerprint density at radius 3 is 2.45 bits per heavy atom. The van der Waals surface area contributed by atoms with Gasteiger partial charge in [-0.25, -0.2) is 8.42 Å². The number of hydrogen-bond donors (Lipinski definition) is 1. The van der Waals surface area contributed by atoms with Crippen molar-refractivity contribution in [3.05, 3.63) is 27.8 Å². The Labute approximate surface area is 119 Å². The van der Waals surface area contributed by atoms with E-state index in [1.165, 1.54) is 13.8 Å². The summed E-state index contributed by atoms with van der Waals surface area (Å²) in [7, 11) is 1.05. The van der Waals surface area contributed by atoms with Crippen molar-refractivity contribution in [2.45, 2.75) is 24.8 Å². The largest absolute Gasteiger partial charge is 0.474 e.